The van der Waals surface area contributed by atoms with E-state index in [0.717, 1.165) is 22.6 Å². The normalized spacial score (nSPS) is 23.0. The highest BCUT2D eigenvalue weighted by molar-refractivity contribution is 5.88. The Bertz CT molecular complexity index is 1310. The van der Waals surface area contributed by atoms with Crippen molar-refractivity contribution in [2.24, 2.45) is 0 Å². The van der Waals surface area contributed by atoms with Gasteiger partial charge in [0, 0.05) is 42.6 Å². The monoisotopic (exact) mass is 508 g/mol. The zero-order chi connectivity index (χ0) is 26.5. The fourth-order valence-electron chi connectivity index (χ4n) is 6.32. The van der Waals surface area contributed by atoms with Gasteiger partial charge in [-0.05, 0) is 49.2 Å². The highest BCUT2D eigenvalue weighted by Gasteiger charge is 2.56. The van der Waals surface area contributed by atoms with Crippen LogP contribution >= 0.6 is 0 Å². The van der Waals surface area contributed by atoms with E-state index in [1.54, 1.807) is 33.3 Å². The molecule has 0 saturated carbocycles. The molecule has 2 aromatic rings. The maximum absolute atomic E-state index is 13.8. The summed E-state index contributed by atoms with van der Waals surface area (Å²) in [6.45, 7) is 8.06. The van der Waals surface area contributed by atoms with Gasteiger partial charge in [0.1, 0.15) is 30.4 Å². The quantitative estimate of drug-likeness (QED) is 0.468. The lowest BCUT2D eigenvalue weighted by atomic mass is 9.82. The molecule has 2 saturated heterocycles. The minimum Gasteiger partial charge on any atom is -0.497 e. The molecular formula is C29H35FN3O4+. The van der Waals surface area contributed by atoms with Gasteiger partial charge >= 0.3 is 11.9 Å². The average molecular weight is 509 g/mol. The first-order chi connectivity index (χ1) is 17.7. The molecule has 0 aromatic heterocycles. The summed E-state index contributed by atoms with van der Waals surface area (Å²) >= 11 is 0. The van der Waals surface area contributed by atoms with Crippen molar-refractivity contribution in [3.63, 3.8) is 0 Å². The first-order valence-electron chi connectivity index (χ1n) is 12.9. The average Bonchev–Trinajstić information content (AvgIpc) is 3.01. The van der Waals surface area contributed by atoms with E-state index in [1.165, 1.54) is 6.07 Å². The van der Waals surface area contributed by atoms with Crippen molar-refractivity contribution < 1.29 is 28.3 Å². The number of urea groups is 1. The maximum atomic E-state index is 13.8. The van der Waals surface area contributed by atoms with Crippen LogP contribution < -0.4 is 9.47 Å². The molecule has 0 radical (unpaired) electrons. The molecule has 8 heteroatoms. The number of rotatable bonds is 4. The molecule has 37 heavy (non-hydrogen) atoms. The molecule has 2 fully saturated rings. The number of hydrogen-bond donors (Lipinski definition) is 1. The van der Waals surface area contributed by atoms with Crippen molar-refractivity contribution in [2.45, 2.75) is 51.6 Å². The lowest BCUT2D eigenvalue weighted by Gasteiger charge is -2.39. The third-order valence-corrected chi connectivity index (χ3v) is 8.22. The number of aryl methyl sites for hydroxylation is 1. The van der Waals surface area contributed by atoms with Crippen LogP contribution in [0.15, 0.2) is 42.1 Å². The number of piperidine rings is 1. The standard InChI is InChI=1S/C29H34FN3O4/c1-6-33-28(35)32-17-21-15-22(36-4)16-24(37-5)26(21)19(3)14-25(32)29(33)9-11-31(12-10-29)27(34)20-7-8-23(30)18(2)13-20/h7-8,13-16,19H,6,9-12,17H2,1-5H3/p+1/t19-/m0/s1. The summed E-state index contributed by atoms with van der Waals surface area (Å²) in [5, 5.41) is 11.0. The SMILES string of the molecule is CCN1C(=O)N2Cc3cc(OC)cc(OC)c3[C@@H](C)C=C2C12CC[N+](=C(O)c1ccc(F)c(C)c1)CC2. The Balaban J connectivity index is 1.52. The molecule has 2 aromatic carbocycles. The molecule has 7 nitrogen and oxygen atoms in total. The van der Waals surface area contributed by atoms with Crippen molar-refractivity contribution >= 4 is 11.9 Å². The molecule has 5 rings (SSSR count). The molecule has 196 valence electrons. The van der Waals surface area contributed by atoms with Crippen molar-refractivity contribution in [1.29, 1.82) is 0 Å². The summed E-state index contributed by atoms with van der Waals surface area (Å²) in [6, 6.07) is 8.57. The number of nitrogens with zero attached hydrogens (tertiary/aromatic N) is 3. The number of aliphatic hydroxyl groups is 1. The van der Waals surface area contributed by atoms with Gasteiger partial charge in [-0.1, -0.05) is 13.0 Å². The summed E-state index contributed by atoms with van der Waals surface area (Å²) in [7, 11) is 3.29. The second-order valence-corrected chi connectivity index (χ2v) is 10.2. The number of carbonyl (C=O) groups excluding carboxylic acids is 1. The van der Waals surface area contributed by atoms with Crippen molar-refractivity contribution in [3.8, 4) is 11.5 Å². The number of fused-ring (bicyclic) bond motifs is 3. The first kappa shape index (κ1) is 25.1. The fourth-order valence-corrected chi connectivity index (χ4v) is 6.32. The molecule has 1 spiro atoms. The van der Waals surface area contributed by atoms with Crippen molar-refractivity contribution in [2.75, 3.05) is 33.9 Å². The van der Waals surface area contributed by atoms with Crippen LogP contribution in [-0.4, -0.2) is 70.8 Å². The minimum atomic E-state index is -0.449. The van der Waals surface area contributed by atoms with E-state index in [0.29, 0.717) is 55.9 Å². The zero-order valence-corrected chi connectivity index (χ0v) is 22.2. The third kappa shape index (κ3) is 3.93. The number of likely N-dealkylation sites (N-methyl/N-ethyl adjacent to an activating group) is 1. The Morgan fingerprint density at radius 2 is 1.92 bits per heavy atom. The highest BCUT2D eigenvalue weighted by atomic mass is 19.1. The van der Waals surface area contributed by atoms with Crippen molar-refractivity contribution in [1.82, 2.24) is 9.80 Å². The van der Waals surface area contributed by atoms with Crippen LogP contribution in [0.1, 0.15) is 54.9 Å². The summed E-state index contributed by atoms with van der Waals surface area (Å²) < 4.78 is 26.9. The van der Waals surface area contributed by atoms with Gasteiger partial charge in [-0.15, -0.1) is 0 Å². The highest BCUT2D eigenvalue weighted by Crippen LogP contribution is 2.48. The Morgan fingerprint density at radius 3 is 2.54 bits per heavy atom. The zero-order valence-electron chi connectivity index (χ0n) is 22.2. The molecule has 0 aliphatic carbocycles. The van der Waals surface area contributed by atoms with Crippen LogP contribution in [0, 0.1) is 12.7 Å². The number of hydrogen-bond acceptors (Lipinski definition) is 3. The van der Waals surface area contributed by atoms with Gasteiger partial charge in [-0.3, -0.25) is 4.90 Å². The molecule has 1 atom stereocenters. The largest absolute Gasteiger partial charge is 0.497 e. The number of benzene rings is 2. The molecule has 3 aliphatic rings. The van der Waals surface area contributed by atoms with Crippen LogP contribution in [-0.2, 0) is 6.54 Å². The van der Waals surface area contributed by atoms with E-state index < -0.39 is 5.54 Å². The second kappa shape index (κ2) is 9.39. The Kier molecular flexibility index (Phi) is 6.38. The molecule has 3 heterocycles. The van der Waals surface area contributed by atoms with E-state index in [2.05, 4.69) is 13.0 Å². The number of allylic oxidation sites excluding steroid dienone is 1. The number of halogens is 1. The van der Waals surface area contributed by atoms with Gasteiger partial charge in [0.25, 0.3) is 0 Å². The Labute approximate surface area is 217 Å². The van der Waals surface area contributed by atoms with Gasteiger partial charge in [-0.2, -0.15) is 4.58 Å². The van der Waals surface area contributed by atoms with Crippen LogP contribution in [0.3, 0.4) is 0 Å². The minimum absolute atomic E-state index is 0.00592. The molecular weight excluding hydrogens is 473 g/mol. The summed E-state index contributed by atoms with van der Waals surface area (Å²) in [5.74, 6) is 1.36. The van der Waals surface area contributed by atoms with Crippen LogP contribution in [0.4, 0.5) is 9.18 Å². The predicted molar refractivity (Wildman–Crippen MR) is 139 cm³/mol. The summed E-state index contributed by atoms with van der Waals surface area (Å²) in [4.78, 5) is 17.7. The summed E-state index contributed by atoms with van der Waals surface area (Å²) in [5.41, 5.74) is 3.77. The van der Waals surface area contributed by atoms with Crippen molar-refractivity contribution in [3.05, 3.63) is 70.2 Å². The van der Waals surface area contributed by atoms with E-state index in [9.17, 15) is 14.3 Å². The Morgan fingerprint density at radius 1 is 1.19 bits per heavy atom. The number of ether oxygens (including phenoxy) is 2. The number of methoxy groups -OCH3 is 2. The van der Waals surface area contributed by atoms with E-state index in [-0.39, 0.29) is 23.7 Å². The van der Waals surface area contributed by atoms with E-state index >= 15 is 0 Å². The maximum Gasteiger partial charge on any atom is 0.367 e. The lowest BCUT2D eigenvalue weighted by molar-refractivity contribution is -0.549. The van der Waals surface area contributed by atoms with Crippen LogP contribution in [0.5, 0.6) is 11.5 Å². The lowest BCUT2D eigenvalue weighted by Crippen LogP contribution is -2.52. The third-order valence-electron chi connectivity index (χ3n) is 8.22. The number of amides is 2. The number of aliphatic hydroxyl groups excluding tert-OH is 1. The molecule has 3 aliphatic heterocycles. The molecule has 2 amide bonds. The summed E-state index contributed by atoms with van der Waals surface area (Å²) in [6.07, 6.45) is 3.59. The topological polar surface area (TPSA) is 65.2 Å². The second-order valence-electron chi connectivity index (χ2n) is 10.2. The number of carbonyl (C=O) groups is 1. The first-order valence-corrected chi connectivity index (χ1v) is 12.9. The van der Waals surface area contributed by atoms with E-state index in [1.807, 2.05) is 33.4 Å². The smallest absolute Gasteiger partial charge is 0.367 e. The van der Waals surface area contributed by atoms with Crippen LogP contribution in [0.25, 0.3) is 0 Å². The molecule has 0 bridgehead atoms. The van der Waals surface area contributed by atoms with Crippen LogP contribution in [0.2, 0.25) is 0 Å². The Hall–Kier alpha value is -3.55. The van der Waals surface area contributed by atoms with E-state index in [4.69, 9.17) is 9.47 Å². The van der Waals surface area contributed by atoms with Gasteiger partial charge in [-0.25, -0.2) is 9.18 Å². The van der Waals surface area contributed by atoms with Gasteiger partial charge < -0.3 is 19.5 Å². The fraction of sp³-hybridized carbons (Fsp3) is 0.448. The molecule has 0 unspecified atom stereocenters. The molecule has 1 N–H and O–H groups in total. The predicted octanol–water partition coefficient (Wildman–Crippen LogP) is 4.96. The van der Waals surface area contributed by atoms with Gasteiger partial charge in [0.2, 0.25) is 0 Å². The van der Waals surface area contributed by atoms with Gasteiger partial charge in [0.05, 0.1) is 31.9 Å². The van der Waals surface area contributed by atoms with Gasteiger partial charge in [0.15, 0.2) is 0 Å².